The van der Waals surface area contributed by atoms with Crippen molar-refractivity contribution >= 4 is 48.7 Å². The zero-order valence-electron chi connectivity index (χ0n) is 7.11. The van der Waals surface area contributed by atoms with Crippen molar-refractivity contribution in [2.45, 2.75) is 6.36 Å². The SMILES string of the molecule is O=C(Cl)c1nc(Br)cc(Br)c1OC(F)(F)F. The molecule has 0 aliphatic heterocycles. The first-order valence-electron chi connectivity index (χ1n) is 3.52. The first kappa shape index (κ1) is 13.7. The number of ether oxygens (including phenoxy) is 1. The van der Waals surface area contributed by atoms with E-state index in [1.54, 1.807) is 0 Å². The van der Waals surface area contributed by atoms with Crippen LogP contribution >= 0.6 is 43.5 Å². The predicted molar refractivity (Wildman–Crippen MR) is 56.5 cm³/mol. The lowest BCUT2D eigenvalue weighted by Crippen LogP contribution is -2.19. The number of aromatic nitrogens is 1. The van der Waals surface area contributed by atoms with Crippen LogP contribution in [0.2, 0.25) is 0 Å². The van der Waals surface area contributed by atoms with Crippen LogP contribution < -0.4 is 4.74 Å². The maximum absolute atomic E-state index is 12.0. The third kappa shape index (κ3) is 3.60. The maximum Gasteiger partial charge on any atom is 0.573 e. The molecular weight excluding hydrogens is 382 g/mol. The highest BCUT2D eigenvalue weighted by Gasteiger charge is 2.34. The van der Waals surface area contributed by atoms with Gasteiger partial charge in [0.2, 0.25) is 0 Å². The van der Waals surface area contributed by atoms with Gasteiger partial charge in [0.1, 0.15) is 4.60 Å². The van der Waals surface area contributed by atoms with Crippen LogP contribution in [0.5, 0.6) is 5.75 Å². The van der Waals surface area contributed by atoms with Crippen molar-refractivity contribution in [3.63, 3.8) is 0 Å². The van der Waals surface area contributed by atoms with E-state index in [9.17, 15) is 18.0 Å². The molecule has 1 rings (SSSR count). The number of rotatable bonds is 2. The molecule has 0 aromatic carbocycles. The van der Waals surface area contributed by atoms with Crippen LogP contribution in [0.25, 0.3) is 0 Å². The quantitative estimate of drug-likeness (QED) is 0.575. The van der Waals surface area contributed by atoms with E-state index in [1.165, 1.54) is 6.07 Å². The van der Waals surface area contributed by atoms with Crippen molar-refractivity contribution in [1.29, 1.82) is 0 Å². The molecule has 9 heteroatoms. The molecule has 1 aromatic rings. The maximum atomic E-state index is 12.0. The Kier molecular flexibility index (Phi) is 4.19. The molecule has 16 heavy (non-hydrogen) atoms. The average molecular weight is 383 g/mol. The van der Waals surface area contributed by atoms with Crippen molar-refractivity contribution < 1.29 is 22.7 Å². The summed E-state index contributed by atoms with van der Waals surface area (Å²) in [4.78, 5) is 14.4. The van der Waals surface area contributed by atoms with Gasteiger partial charge in [-0.2, -0.15) is 0 Å². The zero-order chi connectivity index (χ0) is 12.5. The van der Waals surface area contributed by atoms with Crippen LogP contribution in [0.3, 0.4) is 0 Å². The number of carbonyl (C=O) groups excluding carboxylic acids is 1. The van der Waals surface area contributed by atoms with Crippen molar-refractivity contribution in [1.82, 2.24) is 4.98 Å². The number of pyridine rings is 1. The first-order chi connectivity index (χ1) is 7.20. The second-order valence-corrected chi connectivity index (χ2v) is 4.44. The fourth-order valence-electron chi connectivity index (χ4n) is 0.819. The molecule has 0 N–H and O–H groups in total. The molecule has 0 unspecified atom stereocenters. The summed E-state index contributed by atoms with van der Waals surface area (Å²) in [5.41, 5.74) is -0.625. The van der Waals surface area contributed by atoms with E-state index in [-0.39, 0.29) is 9.08 Å². The third-order valence-corrected chi connectivity index (χ3v) is 2.47. The molecule has 0 bridgehead atoms. The van der Waals surface area contributed by atoms with E-state index in [0.717, 1.165) is 0 Å². The van der Waals surface area contributed by atoms with Crippen LogP contribution in [-0.4, -0.2) is 16.6 Å². The topological polar surface area (TPSA) is 39.2 Å². The van der Waals surface area contributed by atoms with Gasteiger partial charge in [-0.1, -0.05) is 0 Å². The fraction of sp³-hybridized carbons (Fsp3) is 0.143. The summed E-state index contributed by atoms with van der Waals surface area (Å²) in [5.74, 6) is -0.768. The Balaban J connectivity index is 3.30. The molecule has 0 amide bonds. The highest BCUT2D eigenvalue weighted by Crippen LogP contribution is 2.35. The Labute approximate surface area is 109 Å². The van der Waals surface area contributed by atoms with Gasteiger partial charge >= 0.3 is 6.36 Å². The second kappa shape index (κ2) is 4.89. The van der Waals surface area contributed by atoms with Gasteiger partial charge < -0.3 is 4.74 Å². The van der Waals surface area contributed by atoms with E-state index in [2.05, 4.69) is 41.6 Å². The van der Waals surface area contributed by atoms with Gasteiger partial charge in [0.15, 0.2) is 11.4 Å². The Bertz CT molecular complexity index is 438. The van der Waals surface area contributed by atoms with Crippen molar-refractivity contribution in [2.24, 2.45) is 0 Å². The van der Waals surface area contributed by atoms with Gasteiger partial charge in [-0.05, 0) is 49.5 Å². The Hall–Kier alpha value is -0.340. The average Bonchev–Trinajstić information content (AvgIpc) is 2.07. The minimum Gasteiger partial charge on any atom is -0.402 e. The summed E-state index contributed by atoms with van der Waals surface area (Å²) in [6.07, 6.45) is -4.93. The third-order valence-electron chi connectivity index (χ3n) is 1.30. The molecule has 3 nitrogen and oxygen atoms in total. The monoisotopic (exact) mass is 381 g/mol. The largest absolute Gasteiger partial charge is 0.573 e. The molecule has 0 aliphatic rings. The predicted octanol–water partition coefficient (Wildman–Crippen LogP) is 3.88. The fourth-order valence-corrected chi connectivity index (χ4v) is 2.15. The summed E-state index contributed by atoms with van der Waals surface area (Å²) in [6, 6.07) is 1.20. The smallest absolute Gasteiger partial charge is 0.402 e. The second-order valence-electron chi connectivity index (χ2n) is 2.43. The summed E-state index contributed by atoms with van der Waals surface area (Å²) in [5, 5.41) is -1.15. The van der Waals surface area contributed by atoms with Crippen LogP contribution in [0.4, 0.5) is 13.2 Å². The molecule has 0 spiro atoms. The summed E-state index contributed by atoms with van der Waals surface area (Å²) >= 11 is 10.8. The molecular formula is C7HBr2ClF3NO2. The van der Waals surface area contributed by atoms with Crippen LogP contribution in [-0.2, 0) is 0 Å². The molecule has 1 heterocycles. The van der Waals surface area contributed by atoms with Gasteiger partial charge in [-0.3, -0.25) is 4.79 Å². The number of nitrogens with zero attached hydrogens (tertiary/aromatic N) is 1. The van der Waals surface area contributed by atoms with Crippen molar-refractivity contribution in [2.75, 3.05) is 0 Å². The van der Waals surface area contributed by atoms with E-state index in [0.29, 0.717) is 0 Å². The lowest BCUT2D eigenvalue weighted by molar-refractivity contribution is -0.275. The van der Waals surface area contributed by atoms with E-state index < -0.39 is 23.0 Å². The molecule has 0 saturated carbocycles. The summed E-state index contributed by atoms with van der Waals surface area (Å²) in [7, 11) is 0. The Morgan fingerprint density at radius 2 is 2.00 bits per heavy atom. The molecule has 0 radical (unpaired) electrons. The Morgan fingerprint density at radius 1 is 1.44 bits per heavy atom. The van der Waals surface area contributed by atoms with E-state index in [4.69, 9.17) is 11.6 Å². The zero-order valence-corrected chi connectivity index (χ0v) is 11.0. The van der Waals surface area contributed by atoms with Crippen LogP contribution in [0, 0.1) is 0 Å². The molecule has 0 fully saturated rings. The van der Waals surface area contributed by atoms with Gasteiger partial charge in [0.25, 0.3) is 5.24 Å². The van der Waals surface area contributed by atoms with Crippen molar-refractivity contribution in [3.8, 4) is 5.75 Å². The molecule has 0 saturated heterocycles. The van der Waals surface area contributed by atoms with Gasteiger partial charge in [-0.15, -0.1) is 13.2 Å². The van der Waals surface area contributed by atoms with E-state index in [1.807, 2.05) is 0 Å². The summed E-state index contributed by atoms with van der Waals surface area (Å²) < 4.78 is 39.8. The summed E-state index contributed by atoms with van der Waals surface area (Å²) in [6.45, 7) is 0. The lowest BCUT2D eigenvalue weighted by atomic mass is 10.3. The number of hydrogen-bond donors (Lipinski definition) is 0. The minimum absolute atomic E-state index is 0.0873. The molecule has 88 valence electrons. The van der Waals surface area contributed by atoms with Gasteiger partial charge in [0, 0.05) is 0 Å². The molecule has 1 aromatic heterocycles. The van der Waals surface area contributed by atoms with E-state index >= 15 is 0 Å². The number of carbonyl (C=O) groups is 1. The number of hydrogen-bond acceptors (Lipinski definition) is 3. The van der Waals surface area contributed by atoms with Crippen LogP contribution in [0.15, 0.2) is 15.1 Å². The number of halogens is 6. The van der Waals surface area contributed by atoms with Crippen LogP contribution in [0.1, 0.15) is 10.5 Å². The number of alkyl halides is 3. The normalized spacial score (nSPS) is 11.4. The molecule has 0 atom stereocenters. The Morgan fingerprint density at radius 3 is 2.44 bits per heavy atom. The highest BCUT2D eigenvalue weighted by atomic mass is 79.9. The van der Waals surface area contributed by atoms with Gasteiger partial charge in [0.05, 0.1) is 4.47 Å². The standard InChI is InChI=1S/C7HBr2ClF3NO2/c8-2-1-3(9)14-4(6(10)15)5(2)16-7(11,12)13/h1H. The van der Waals surface area contributed by atoms with Gasteiger partial charge in [-0.25, -0.2) is 4.98 Å². The first-order valence-corrected chi connectivity index (χ1v) is 5.48. The highest BCUT2D eigenvalue weighted by molar-refractivity contribution is 9.11. The molecule has 0 aliphatic carbocycles. The minimum atomic E-state index is -4.93. The lowest BCUT2D eigenvalue weighted by Gasteiger charge is -2.12. The van der Waals surface area contributed by atoms with Crippen molar-refractivity contribution in [3.05, 3.63) is 20.8 Å².